The van der Waals surface area contributed by atoms with Crippen LogP contribution in [0.2, 0.25) is 0 Å². The first-order valence-corrected chi connectivity index (χ1v) is 10.0. The van der Waals surface area contributed by atoms with E-state index in [0.717, 1.165) is 46.8 Å². The van der Waals surface area contributed by atoms with Gasteiger partial charge in [0.15, 0.2) is 5.65 Å². The molecule has 5 heteroatoms. The summed E-state index contributed by atoms with van der Waals surface area (Å²) >= 11 is 0. The van der Waals surface area contributed by atoms with Gasteiger partial charge in [-0.1, -0.05) is 43.3 Å². The molecule has 2 aromatic carbocycles. The molecule has 0 saturated heterocycles. The van der Waals surface area contributed by atoms with E-state index in [-0.39, 0.29) is 5.91 Å². The molecule has 2 aromatic heterocycles. The van der Waals surface area contributed by atoms with E-state index in [0.29, 0.717) is 12.8 Å². The van der Waals surface area contributed by atoms with Crippen LogP contribution in [0.4, 0.5) is 5.69 Å². The Kier molecular flexibility index (Phi) is 5.66. The molecule has 1 N–H and O–H groups in total. The van der Waals surface area contributed by atoms with E-state index >= 15 is 0 Å². The van der Waals surface area contributed by atoms with Gasteiger partial charge in [-0.2, -0.15) is 0 Å². The Morgan fingerprint density at radius 2 is 1.79 bits per heavy atom. The summed E-state index contributed by atoms with van der Waals surface area (Å²) in [5.74, 6) is 0.957. The third-order valence-corrected chi connectivity index (χ3v) is 4.98. The summed E-state index contributed by atoms with van der Waals surface area (Å²) in [6, 6.07) is 21.9. The Morgan fingerprint density at radius 1 is 1.00 bits per heavy atom. The molecule has 0 atom stereocenters. The van der Waals surface area contributed by atoms with Crippen LogP contribution < -0.4 is 5.32 Å². The van der Waals surface area contributed by atoms with Crippen LogP contribution in [0.15, 0.2) is 72.9 Å². The van der Waals surface area contributed by atoms with Crippen LogP contribution in [-0.4, -0.2) is 20.4 Å². The molecule has 0 saturated carbocycles. The summed E-state index contributed by atoms with van der Waals surface area (Å²) in [5.41, 5.74) is 4.80. The maximum atomic E-state index is 12.4. The minimum atomic E-state index is 0.0337. The minimum absolute atomic E-state index is 0.0337. The molecule has 5 nitrogen and oxygen atoms in total. The lowest BCUT2D eigenvalue weighted by molar-refractivity contribution is -0.116. The zero-order chi connectivity index (χ0) is 20.1. The average Bonchev–Trinajstić information content (AvgIpc) is 3.13. The molecule has 0 fully saturated rings. The number of nitrogens with zero attached hydrogens (tertiary/aromatic N) is 3. The van der Waals surface area contributed by atoms with Crippen molar-refractivity contribution in [2.45, 2.75) is 32.6 Å². The fourth-order valence-corrected chi connectivity index (χ4v) is 3.55. The predicted molar refractivity (Wildman–Crippen MR) is 116 cm³/mol. The van der Waals surface area contributed by atoms with Crippen LogP contribution in [0.1, 0.15) is 31.2 Å². The summed E-state index contributed by atoms with van der Waals surface area (Å²) in [6.45, 7) is 2.09. The summed E-state index contributed by atoms with van der Waals surface area (Å²) in [4.78, 5) is 21.7. The number of hydrogen-bond acceptors (Lipinski definition) is 3. The van der Waals surface area contributed by atoms with Gasteiger partial charge < -0.3 is 5.32 Å². The lowest BCUT2D eigenvalue weighted by Crippen LogP contribution is -2.13. The third-order valence-electron chi connectivity index (χ3n) is 4.98. The molecule has 0 unspecified atom stereocenters. The molecule has 0 spiro atoms. The number of para-hydroxylation sites is 2. The van der Waals surface area contributed by atoms with Crippen molar-refractivity contribution in [3.63, 3.8) is 0 Å². The molecule has 4 rings (SSSR count). The van der Waals surface area contributed by atoms with Crippen LogP contribution in [0.25, 0.3) is 16.9 Å². The Morgan fingerprint density at radius 3 is 2.62 bits per heavy atom. The van der Waals surface area contributed by atoms with Crippen molar-refractivity contribution in [3.8, 4) is 5.69 Å². The van der Waals surface area contributed by atoms with Gasteiger partial charge in [-0.05, 0) is 48.7 Å². The van der Waals surface area contributed by atoms with E-state index in [1.54, 1.807) is 6.20 Å². The van der Waals surface area contributed by atoms with Gasteiger partial charge in [0.05, 0.1) is 0 Å². The Bertz CT molecular complexity index is 1120. The number of carbonyl (C=O) groups excluding carboxylic acids is 1. The minimum Gasteiger partial charge on any atom is -0.326 e. The Hall–Kier alpha value is -3.47. The number of amides is 1. The normalized spacial score (nSPS) is 10.9. The summed E-state index contributed by atoms with van der Waals surface area (Å²) in [5, 5.41) is 3.04. The molecule has 0 aliphatic carbocycles. The zero-order valence-corrected chi connectivity index (χ0v) is 16.5. The van der Waals surface area contributed by atoms with Gasteiger partial charge in [-0.3, -0.25) is 9.36 Å². The maximum absolute atomic E-state index is 12.4. The monoisotopic (exact) mass is 384 g/mol. The number of benzene rings is 2. The third kappa shape index (κ3) is 4.19. The van der Waals surface area contributed by atoms with Crippen LogP contribution in [0.5, 0.6) is 0 Å². The van der Waals surface area contributed by atoms with E-state index in [2.05, 4.69) is 21.8 Å². The van der Waals surface area contributed by atoms with E-state index in [9.17, 15) is 4.79 Å². The molecular formula is C24H24N4O. The van der Waals surface area contributed by atoms with E-state index in [1.807, 2.05) is 66.7 Å². The quantitative estimate of drug-likeness (QED) is 0.491. The molecule has 0 bridgehead atoms. The number of hydrogen-bond donors (Lipinski definition) is 1. The molecule has 0 aliphatic rings. The number of nitrogens with one attached hydrogen (secondary N) is 1. The van der Waals surface area contributed by atoms with Gasteiger partial charge in [-0.25, -0.2) is 9.97 Å². The number of anilines is 1. The summed E-state index contributed by atoms with van der Waals surface area (Å²) in [6.07, 6.45) is 4.55. The summed E-state index contributed by atoms with van der Waals surface area (Å²) < 4.78 is 2.08. The number of carbonyl (C=O) groups is 1. The van der Waals surface area contributed by atoms with Gasteiger partial charge in [0.1, 0.15) is 11.3 Å². The number of rotatable bonds is 7. The lowest BCUT2D eigenvalue weighted by Gasteiger charge is -2.10. The highest BCUT2D eigenvalue weighted by Crippen LogP contribution is 2.21. The highest BCUT2D eigenvalue weighted by atomic mass is 16.1. The highest BCUT2D eigenvalue weighted by molar-refractivity contribution is 5.91. The van der Waals surface area contributed by atoms with Crippen LogP contribution >= 0.6 is 0 Å². The second-order valence-electron chi connectivity index (χ2n) is 6.96. The predicted octanol–water partition coefficient (Wildman–Crippen LogP) is 4.94. The van der Waals surface area contributed by atoms with Crippen molar-refractivity contribution in [1.82, 2.24) is 14.5 Å². The molecule has 0 radical (unpaired) electrons. The zero-order valence-electron chi connectivity index (χ0n) is 16.5. The standard InChI is InChI=1S/C24H24N4O/c1-2-18-10-6-7-13-20(18)27-23(29)16-8-15-22-26-21-14-9-17-25-24(21)28(22)19-11-4-3-5-12-19/h3-7,9-14,17H,2,8,15-16H2,1H3,(H,27,29). The summed E-state index contributed by atoms with van der Waals surface area (Å²) in [7, 11) is 0. The molecule has 2 heterocycles. The molecule has 29 heavy (non-hydrogen) atoms. The number of aromatic nitrogens is 3. The van der Waals surface area contributed by atoms with E-state index in [1.165, 1.54) is 0 Å². The van der Waals surface area contributed by atoms with Crippen molar-refractivity contribution in [2.75, 3.05) is 5.32 Å². The van der Waals surface area contributed by atoms with Crippen molar-refractivity contribution in [1.29, 1.82) is 0 Å². The highest BCUT2D eigenvalue weighted by Gasteiger charge is 2.14. The average molecular weight is 384 g/mol. The Labute approximate surface area is 170 Å². The van der Waals surface area contributed by atoms with Crippen molar-refractivity contribution in [3.05, 3.63) is 84.3 Å². The van der Waals surface area contributed by atoms with E-state index in [4.69, 9.17) is 4.98 Å². The van der Waals surface area contributed by atoms with Crippen LogP contribution in [-0.2, 0) is 17.6 Å². The number of imidazole rings is 1. The van der Waals surface area contributed by atoms with Gasteiger partial charge in [0.25, 0.3) is 0 Å². The Balaban J connectivity index is 1.48. The first kappa shape index (κ1) is 18.9. The number of fused-ring (bicyclic) bond motifs is 1. The fourth-order valence-electron chi connectivity index (χ4n) is 3.55. The van der Waals surface area contributed by atoms with Crippen molar-refractivity contribution >= 4 is 22.8 Å². The van der Waals surface area contributed by atoms with Crippen LogP contribution in [0.3, 0.4) is 0 Å². The van der Waals surface area contributed by atoms with Gasteiger partial charge in [0.2, 0.25) is 5.91 Å². The largest absolute Gasteiger partial charge is 0.326 e. The smallest absolute Gasteiger partial charge is 0.224 e. The first-order valence-electron chi connectivity index (χ1n) is 10.0. The van der Waals surface area contributed by atoms with Gasteiger partial charge >= 0.3 is 0 Å². The lowest BCUT2D eigenvalue weighted by atomic mass is 10.1. The fraction of sp³-hybridized carbons (Fsp3) is 0.208. The van der Waals surface area contributed by atoms with Crippen molar-refractivity contribution < 1.29 is 4.79 Å². The maximum Gasteiger partial charge on any atom is 0.224 e. The van der Waals surface area contributed by atoms with Gasteiger partial charge in [-0.15, -0.1) is 0 Å². The van der Waals surface area contributed by atoms with Crippen LogP contribution in [0, 0.1) is 0 Å². The SMILES string of the molecule is CCc1ccccc1NC(=O)CCCc1nc2cccnc2n1-c1ccccc1. The molecular weight excluding hydrogens is 360 g/mol. The van der Waals surface area contributed by atoms with Gasteiger partial charge in [0, 0.05) is 30.4 Å². The molecule has 146 valence electrons. The first-order chi connectivity index (χ1) is 14.3. The second kappa shape index (κ2) is 8.69. The number of aryl methyl sites for hydroxylation is 2. The van der Waals surface area contributed by atoms with E-state index < -0.39 is 0 Å². The number of pyridine rings is 1. The molecule has 1 amide bonds. The van der Waals surface area contributed by atoms with Crippen molar-refractivity contribution in [2.24, 2.45) is 0 Å². The molecule has 0 aliphatic heterocycles. The molecule has 4 aromatic rings. The second-order valence-corrected chi connectivity index (χ2v) is 6.96. The topological polar surface area (TPSA) is 59.8 Å².